The molecule has 0 saturated carbocycles. The molecule has 19 heavy (non-hydrogen) atoms. The number of hydrogen-bond donors (Lipinski definition) is 2. The van der Waals surface area contributed by atoms with Crippen LogP contribution < -0.4 is 5.32 Å². The quantitative estimate of drug-likeness (QED) is 0.832. The second kappa shape index (κ2) is 5.73. The summed E-state index contributed by atoms with van der Waals surface area (Å²) in [6.45, 7) is 2.92. The maximum Gasteiger partial charge on any atom is 0.326 e. The van der Waals surface area contributed by atoms with Crippen molar-refractivity contribution in [2.45, 2.75) is 38.4 Å². The highest BCUT2D eigenvalue weighted by Gasteiger charge is 2.34. The first-order valence-electron chi connectivity index (χ1n) is 6.35. The third kappa shape index (κ3) is 3.24. The minimum atomic E-state index is -0.938. The largest absolute Gasteiger partial charge is 0.480 e. The molecule has 1 aromatic rings. The van der Waals surface area contributed by atoms with Gasteiger partial charge in [0, 0.05) is 25.0 Å². The van der Waals surface area contributed by atoms with Crippen LogP contribution in [0.15, 0.2) is 18.5 Å². The van der Waals surface area contributed by atoms with Crippen molar-refractivity contribution in [3.05, 3.63) is 18.5 Å². The van der Waals surface area contributed by atoms with Crippen molar-refractivity contribution in [2.24, 2.45) is 0 Å². The molecule has 1 aromatic heterocycles. The van der Waals surface area contributed by atoms with E-state index in [1.807, 2.05) is 19.2 Å². The Morgan fingerprint density at radius 1 is 1.58 bits per heavy atom. The molecule has 1 unspecified atom stereocenters. The minimum absolute atomic E-state index is 0.109. The third-order valence-electron chi connectivity index (χ3n) is 3.19. The van der Waals surface area contributed by atoms with Gasteiger partial charge in [-0.1, -0.05) is 0 Å². The van der Waals surface area contributed by atoms with Gasteiger partial charge in [0.1, 0.15) is 6.04 Å². The lowest BCUT2D eigenvalue weighted by Gasteiger charge is -2.24. The number of amides is 2. The number of aromatic nitrogens is 2. The number of carbonyl (C=O) groups is 2. The van der Waals surface area contributed by atoms with Crippen molar-refractivity contribution in [1.29, 1.82) is 0 Å². The molecule has 1 fully saturated rings. The molecular weight excluding hydrogens is 248 g/mol. The van der Waals surface area contributed by atoms with E-state index in [0.717, 1.165) is 6.42 Å². The van der Waals surface area contributed by atoms with Crippen molar-refractivity contribution < 1.29 is 14.7 Å². The molecule has 0 radical (unpaired) electrons. The van der Waals surface area contributed by atoms with E-state index in [9.17, 15) is 9.59 Å². The summed E-state index contributed by atoms with van der Waals surface area (Å²) in [5.74, 6) is -0.938. The van der Waals surface area contributed by atoms with Crippen LogP contribution in [0, 0.1) is 0 Å². The molecule has 2 heterocycles. The summed E-state index contributed by atoms with van der Waals surface area (Å²) in [5.41, 5.74) is 0. The first kappa shape index (κ1) is 13.4. The standard InChI is InChI=1S/C12H18N4O3/c1-9(8-15-6-3-5-13-15)14-12(19)16-7-2-4-10(16)11(17)18/h3,5-6,9-10H,2,4,7-8H2,1H3,(H,14,19)(H,17,18)/t9?,10-/m0/s1. The van der Waals surface area contributed by atoms with E-state index in [1.165, 1.54) is 4.90 Å². The molecule has 7 nitrogen and oxygen atoms in total. The molecule has 1 saturated heterocycles. The molecule has 2 atom stereocenters. The molecular formula is C12H18N4O3. The number of aliphatic carboxylic acids is 1. The minimum Gasteiger partial charge on any atom is -0.480 e. The zero-order valence-corrected chi connectivity index (χ0v) is 10.8. The monoisotopic (exact) mass is 266 g/mol. The van der Waals surface area contributed by atoms with Gasteiger partial charge in [-0.05, 0) is 25.8 Å². The second-order valence-corrected chi connectivity index (χ2v) is 4.77. The molecule has 0 spiro atoms. The van der Waals surface area contributed by atoms with Crippen molar-refractivity contribution in [1.82, 2.24) is 20.0 Å². The van der Waals surface area contributed by atoms with Gasteiger partial charge in [0.15, 0.2) is 0 Å². The molecule has 7 heteroatoms. The Balaban J connectivity index is 1.88. The zero-order valence-electron chi connectivity index (χ0n) is 10.8. The lowest BCUT2D eigenvalue weighted by atomic mass is 10.2. The highest BCUT2D eigenvalue weighted by atomic mass is 16.4. The molecule has 2 amide bonds. The fourth-order valence-electron chi connectivity index (χ4n) is 2.29. The Morgan fingerprint density at radius 3 is 3.00 bits per heavy atom. The molecule has 1 aliphatic heterocycles. The van der Waals surface area contributed by atoms with E-state index >= 15 is 0 Å². The number of carboxylic acid groups (broad SMARTS) is 1. The molecule has 0 bridgehead atoms. The lowest BCUT2D eigenvalue weighted by molar-refractivity contribution is -0.141. The number of carbonyl (C=O) groups excluding carboxylic acids is 1. The Morgan fingerprint density at radius 2 is 2.37 bits per heavy atom. The molecule has 104 valence electrons. The van der Waals surface area contributed by atoms with E-state index in [4.69, 9.17) is 5.11 Å². The van der Waals surface area contributed by atoms with E-state index in [0.29, 0.717) is 19.5 Å². The highest BCUT2D eigenvalue weighted by molar-refractivity contribution is 5.83. The van der Waals surface area contributed by atoms with Gasteiger partial charge in [-0.25, -0.2) is 9.59 Å². The molecule has 0 aliphatic carbocycles. The first-order valence-corrected chi connectivity index (χ1v) is 6.35. The predicted molar refractivity (Wildman–Crippen MR) is 67.6 cm³/mol. The van der Waals surface area contributed by atoms with Crippen molar-refractivity contribution in [3.8, 4) is 0 Å². The summed E-state index contributed by atoms with van der Waals surface area (Å²) in [6.07, 6.45) is 4.75. The topological polar surface area (TPSA) is 87.5 Å². The van der Waals surface area contributed by atoms with Gasteiger partial charge in [-0.3, -0.25) is 4.68 Å². The van der Waals surface area contributed by atoms with Crippen LogP contribution in [-0.2, 0) is 11.3 Å². The summed E-state index contributed by atoms with van der Waals surface area (Å²) in [6, 6.07) is 0.694. The number of urea groups is 1. The van der Waals surface area contributed by atoms with Crippen LogP contribution in [0.25, 0.3) is 0 Å². The fourth-order valence-corrected chi connectivity index (χ4v) is 2.29. The van der Waals surface area contributed by atoms with Crippen LogP contribution in [0.4, 0.5) is 4.79 Å². The van der Waals surface area contributed by atoms with Crippen molar-refractivity contribution in [3.63, 3.8) is 0 Å². The summed E-state index contributed by atoms with van der Waals surface area (Å²) in [7, 11) is 0. The molecule has 2 N–H and O–H groups in total. The number of likely N-dealkylation sites (tertiary alicyclic amines) is 1. The summed E-state index contributed by atoms with van der Waals surface area (Å²) >= 11 is 0. The normalized spacial score (nSPS) is 20.3. The van der Waals surface area contributed by atoms with Gasteiger partial charge in [0.05, 0.1) is 6.54 Å². The van der Waals surface area contributed by atoms with E-state index < -0.39 is 12.0 Å². The van der Waals surface area contributed by atoms with Crippen LogP contribution in [-0.4, -0.2) is 50.4 Å². The van der Waals surface area contributed by atoms with Crippen LogP contribution >= 0.6 is 0 Å². The first-order chi connectivity index (χ1) is 9.08. The van der Waals surface area contributed by atoms with Gasteiger partial charge >= 0.3 is 12.0 Å². The average Bonchev–Trinajstić information content (AvgIpc) is 2.97. The molecule has 1 aliphatic rings. The second-order valence-electron chi connectivity index (χ2n) is 4.77. The smallest absolute Gasteiger partial charge is 0.326 e. The molecule has 2 rings (SSSR count). The van der Waals surface area contributed by atoms with E-state index in [1.54, 1.807) is 10.9 Å². The van der Waals surface area contributed by atoms with Crippen molar-refractivity contribution >= 4 is 12.0 Å². The van der Waals surface area contributed by atoms with Crippen LogP contribution in [0.3, 0.4) is 0 Å². The lowest BCUT2D eigenvalue weighted by Crippen LogP contribution is -2.49. The van der Waals surface area contributed by atoms with Crippen molar-refractivity contribution in [2.75, 3.05) is 6.54 Å². The fraction of sp³-hybridized carbons (Fsp3) is 0.583. The van der Waals surface area contributed by atoms with Crippen LogP contribution in [0.1, 0.15) is 19.8 Å². The number of nitrogens with one attached hydrogen (secondary N) is 1. The Labute approximate surface area is 111 Å². The summed E-state index contributed by atoms with van der Waals surface area (Å²) in [5, 5.41) is 15.9. The SMILES string of the molecule is CC(Cn1cccn1)NC(=O)N1CCC[C@H]1C(=O)O. The summed E-state index contributed by atoms with van der Waals surface area (Å²) < 4.78 is 1.73. The van der Waals surface area contributed by atoms with E-state index in [2.05, 4.69) is 10.4 Å². The van der Waals surface area contributed by atoms with Gasteiger partial charge in [-0.2, -0.15) is 5.10 Å². The van der Waals surface area contributed by atoms with Gasteiger partial charge < -0.3 is 15.3 Å². The Kier molecular flexibility index (Phi) is 4.03. The number of carboxylic acids is 1. The molecule has 0 aromatic carbocycles. The Hall–Kier alpha value is -2.05. The average molecular weight is 266 g/mol. The Bertz CT molecular complexity index is 446. The van der Waals surface area contributed by atoms with Crippen LogP contribution in [0.2, 0.25) is 0 Å². The van der Waals surface area contributed by atoms with Gasteiger partial charge in [0.2, 0.25) is 0 Å². The number of nitrogens with zero attached hydrogens (tertiary/aromatic N) is 3. The summed E-state index contributed by atoms with van der Waals surface area (Å²) in [4.78, 5) is 24.4. The highest BCUT2D eigenvalue weighted by Crippen LogP contribution is 2.17. The zero-order chi connectivity index (χ0) is 13.8. The predicted octanol–water partition coefficient (Wildman–Crippen LogP) is 0.530. The number of hydrogen-bond acceptors (Lipinski definition) is 3. The maximum atomic E-state index is 12.0. The third-order valence-corrected chi connectivity index (χ3v) is 3.19. The number of rotatable bonds is 4. The maximum absolute atomic E-state index is 12.0. The van der Waals surface area contributed by atoms with Gasteiger partial charge in [-0.15, -0.1) is 0 Å². The van der Waals surface area contributed by atoms with E-state index in [-0.39, 0.29) is 12.1 Å². The van der Waals surface area contributed by atoms with Gasteiger partial charge in [0.25, 0.3) is 0 Å². The van der Waals surface area contributed by atoms with Crippen LogP contribution in [0.5, 0.6) is 0 Å².